The predicted molar refractivity (Wildman–Crippen MR) is 76.8 cm³/mol. The summed E-state index contributed by atoms with van der Waals surface area (Å²) in [5, 5.41) is 16.5. The summed E-state index contributed by atoms with van der Waals surface area (Å²) in [6.45, 7) is 1.83. The van der Waals surface area contributed by atoms with E-state index in [0.29, 0.717) is 17.0 Å². The second-order valence-corrected chi connectivity index (χ2v) is 4.65. The van der Waals surface area contributed by atoms with Crippen molar-refractivity contribution < 1.29 is 9.21 Å². The molecule has 3 aromatic rings. The quantitative estimate of drug-likeness (QED) is 0.782. The van der Waals surface area contributed by atoms with E-state index in [1.54, 1.807) is 7.05 Å². The molecule has 1 aromatic carbocycles. The third-order valence-electron chi connectivity index (χ3n) is 3.34. The number of benzene rings is 1. The van der Waals surface area contributed by atoms with Crippen molar-refractivity contribution in [2.45, 2.75) is 6.92 Å². The zero-order chi connectivity index (χ0) is 15.0. The van der Waals surface area contributed by atoms with Crippen molar-refractivity contribution in [2.24, 2.45) is 7.05 Å². The molecule has 0 unspecified atom stereocenters. The maximum Gasteiger partial charge on any atom is 0.292 e. The smallest absolute Gasteiger partial charge is 0.292 e. The number of fused-ring (bicyclic) bond motifs is 1. The molecule has 0 saturated heterocycles. The molecule has 6 nitrogen and oxygen atoms in total. The molecule has 0 fully saturated rings. The molecule has 0 bridgehead atoms. The lowest BCUT2D eigenvalue weighted by atomic mass is 10.1. The van der Waals surface area contributed by atoms with Crippen LogP contribution in [0.4, 0.5) is 5.82 Å². The summed E-state index contributed by atoms with van der Waals surface area (Å²) >= 11 is 0. The second kappa shape index (κ2) is 4.80. The number of furan rings is 1. The van der Waals surface area contributed by atoms with Crippen molar-refractivity contribution in [3.05, 3.63) is 47.3 Å². The van der Waals surface area contributed by atoms with Crippen molar-refractivity contribution in [2.75, 3.05) is 5.32 Å². The average molecular weight is 280 g/mol. The number of carbonyl (C=O) groups excluding carboxylic acids is 1. The van der Waals surface area contributed by atoms with Gasteiger partial charge in [0.2, 0.25) is 0 Å². The molecule has 0 radical (unpaired) electrons. The number of nitrogens with zero attached hydrogens (tertiary/aromatic N) is 3. The molecule has 0 spiro atoms. The van der Waals surface area contributed by atoms with Gasteiger partial charge in [0.05, 0.1) is 6.20 Å². The number of rotatable bonds is 2. The highest BCUT2D eigenvalue weighted by atomic mass is 16.3. The number of amides is 1. The van der Waals surface area contributed by atoms with Crippen LogP contribution in [0.2, 0.25) is 0 Å². The van der Waals surface area contributed by atoms with Gasteiger partial charge in [-0.2, -0.15) is 10.4 Å². The molecule has 0 aliphatic carbocycles. The fraction of sp³-hybridized carbons (Fsp3) is 0.133. The minimum atomic E-state index is -0.399. The van der Waals surface area contributed by atoms with E-state index in [1.807, 2.05) is 37.3 Å². The van der Waals surface area contributed by atoms with Gasteiger partial charge in [-0.15, -0.1) is 0 Å². The zero-order valence-electron chi connectivity index (χ0n) is 11.5. The summed E-state index contributed by atoms with van der Waals surface area (Å²) in [6.07, 6.45) is 1.40. The highest BCUT2D eigenvalue weighted by Gasteiger charge is 2.20. The van der Waals surface area contributed by atoms with Crippen molar-refractivity contribution in [3.8, 4) is 6.07 Å². The topological polar surface area (TPSA) is 83.9 Å². The van der Waals surface area contributed by atoms with Gasteiger partial charge < -0.3 is 9.73 Å². The third kappa shape index (κ3) is 2.05. The maximum absolute atomic E-state index is 12.4. The number of anilines is 1. The Hall–Kier alpha value is -3.07. The molecule has 2 aromatic heterocycles. The Morgan fingerprint density at radius 2 is 2.19 bits per heavy atom. The molecule has 6 heteroatoms. The summed E-state index contributed by atoms with van der Waals surface area (Å²) in [4.78, 5) is 12.4. The largest absolute Gasteiger partial charge is 0.451 e. The number of hydrogen-bond acceptors (Lipinski definition) is 4. The van der Waals surface area contributed by atoms with Crippen LogP contribution in [0, 0.1) is 18.3 Å². The van der Waals surface area contributed by atoms with E-state index >= 15 is 0 Å². The number of para-hydroxylation sites is 1. The summed E-state index contributed by atoms with van der Waals surface area (Å²) in [5.74, 6) is 0.187. The Morgan fingerprint density at radius 3 is 2.90 bits per heavy atom. The molecule has 21 heavy (non-hydrogen) atoms. The van der Waals surface area contributed by atoms with Crippen LogP contribution in [-0.4, -0.2) is 15.7 Å². The normalized spacial score (nSPS) is 10.5. The van der Waals surface area contributed by atoms with Gasteiger partial charge in [0.15, 0.2) is 5.76 Å². The van der Waals surface area contributed by atoms with E-state index in [-0.39, 0.29) is 5.76 Å². The van der Waals surface area contributed by atoms with E-state index in [2.05, 4.69) is 10.4 Å². The van der Waals surface area contributed by atoms with Crippen molar-refractivity contribution in [1.82, 2.24) is 9.78 Å². The van der Waals surface area contributed by atoms with Crippen LogP contribution in [0.1, 0.15) is 21.7 Å². The Balaban J connectivity index is 2.00. The minimum absolute atomic E-state index is 0.237. The monoisotopic (exact) mass is 280 g/mol. The Labute approximate surface area is 120 Å². The summed E-state index contributed by atoms with van der Waals surface area (Å²) in [6, 6.07) is 9.43. The molecule has 0 aliphatic rings. The summed E-state index contributed by atoms with van der Waals surface area (Å²) in [5.41, 5.74) is 1.73. The van der Waals surface area contributed by atoms with Crippen molar-refractivity contribution in [3.63, 3.8) is 0 Å². The van der Waals surface area contributed by atoms with Gasteiger partial charge in [-0.1, -0.05) is 18.2 Å². The van der Waals surface area contributed by atoms with Crippen molar-refractivity contribution >= 4 is 22.7 Å². The van der Waals surface area contributed by atoms with Crippen LogP contribution in [-0.2, 0) is 7.05 Å². The minimum Gasteiger partial charge on any atom is -0.451 e. The number of carbonyl (C=O) groups is 1. The van der Waals surface area contributed by atoms with Gasteiger partial charge in [0.25, 0.3) is 5.91 Å². The van der Waals surface area contributed by atoms with Crippen LogP contribution in [0.25, 0.3) is 11.0 Å². The van der Waals surface area contributed by atoms with Gasteiger partial charge in [-0.3, -0.25) is 9.48 Å². The van der Waals surface area contributed by atoms with E-state index in [1.165, 1.54) is 10.9 Å². The number of nitrogens with one attached hydrogen (secondary N) is 1. The van der Waals surface area contributed by atoms with E-state index in [4.69, 9.17) is 9.68 Å². The molecule has 0 saturated carbocycles. The first kappa shape index (κ1) is 12.9. The molecule has 0 atom stereocenters. The van der Waals surface area contributed by atoms with Gasteiger partial charge in [0, 0.05) is 18.0 Å². The standard InChI is InChI=1S/C15H12N4O2/c1-9-11-5-3-4-6-12(11)21-13(9)15(20)18-14-10(7-16)8-17-19(14)2/h3-6,8H,1-2H3,(H,18,20). The van der Waals surface area contributed by atoms with Gasteiger partial charge >= 0.3 is 0 Å². The second-order valence-electron chi connectivity index (χ2n) is 4.65. The fourth-order valence-corrected chi connectivity index (χ4v) is 2.22. The molecule has 1 amide bonds. The van der Waals surface area contributed by atoms with Gasteiger partial charge in [0.1, 0.15) is 23.0 Å². The van der Waals surface area contributed by atoms with E-state index < -0.39 is 5.91 Å². The maximum atomic E-state index is 12.4. The molecule has 3 rings (SSSR count). The van der Waals surface area contributed by atoms with E-state index in [9.17, 15) is 4.79 Å². The Kier molecular flexibility index (Phi) is 2.95. The lowest BCUT2D eigenvalue weighted by molar-refractivity contribution is 0.0997. The molecule has 2 heterocycles. The number of aryl methyl sites for hydroxylation is 2. The predicted octanol–water partition coefficient (Wildman–Crippen LogP) is 2.60. The lowest BCUT2D eigenvalue weighted by Crippen LogP contribution is -2.15. The lowest BCUT2D eigenvalue weighted by Gasteiger charge is -2.04. The van der Waals surface area contributed by atoms with Crippen LogP contribution >= 0.6 is 0 Å². The fourth-order valence-electron chi connectivity index (χ4n) is 2.22. The number of hydrogen-bond donors (Lipinski definition) is 1. The van der Waals surface area contributed by atoms with Crippen molar-refractivity contribution in [1.29, 1.82) is 5.26 Å². The highest BCUT2D eigenvalue weighted by molar-refractivity contribution is 6.06. The first-order valence-electron chi connectivity index (χ1n) is 6.33. The molecule has 104 valence electrons. The first-order valence-corrected chi connectivity index (χ1v) is 6.33. The number of aromatic nitrogens is 2. The number of nitriles is 1. The van der Waals surface area contributed by atoms with Crippen LogP contribution in [0.3, 0.4) is 0 Å². The van der Waals surface area contributed by atoms with Crippen LogP contribution in [0.5, 0.6) is 0 Å². The van der Waals surface area contributed by atoms with Gasteiger partial charge in [-0.25, -0.2) is 0 Å². The molecule has 0 aliphatic heterocycles. The summed E-state index contributed by atoms with van der Waals surface area (Å²) < 4.78 is 7.04. The van der Waals surface area contributed by atoms with E-state index in [0.717, 1.165) is 10.9 Å². The highest BCUT2D eigenvalue weighted by Crippen LogP contribution is 2.26. The molecular weight excluding hydrogens is 268 g/mol. The third-order valence-corrected chi connectivity index (χ3v) is 3.34. The average Bonchev–Trinajstić information content (AvgIpc) is 3.01. The zero-order valence-corrected chi connectivity index (χ0v) is 11.5. The first-order chi connectivity index (χ1) is 10.1. The Bertz CT molecular complexity index is 883. The Morgan fingerprint density at radius 1 is 1.43 bits per heavy atom. The molecule has 1 N–H and O–H groups in total. The van der Waals surface area contributed by atoms with Crippen LogP contribution < -0.4 is 5.32 Å². The van der Waals surface area contributed by atoms with Crippen LogP contribution in [0.15, 0.2) is 34.9 Å². The molecular formula is C15H12N4O2. The SMILES string of the molecule is Cc1c(C(=O)Nc2c(C#N)cnn2C)oc2ccccc12. The summed E-state index contributed by atoms with van der Waals surface area (Å²) in [7, 11) is 1.65. The van der Waals surface area contributed by atoms with Gasteiger partial charge in [-0.05, 0) is 13.0 Å².